The van der Waals surface area contributed by atoms with Gasteiger partial charge in [-0.05, 0) is 288 Å². The summed E-state index contributed by atoms with van der Waals surface area (Å²) in [5.41, 5.74) is 40.3. The fraction of sp³-hybridized carbons (Fsp3) is 0.389. The van der Waals surface area contributed by atoms with E-state index in [4.69, 9.17) is 5.73 Å². The van der Waals surface area contributed by atoms with Crippen molar-refractivity contribution in [3.63, 3.8) is 0 Å². The van der Waals surface area contributed by atoms with Crippen LogP contribution in [0.4, 0.5) is 14.6 Å². The highest BCUT2D eigenvalue weighted by molar-refractivity contribution is 5.96. The van der Waals surface area contributed by atoms with Crippen molar-refractivity contribution in [1.29, 1.82) is 0 Å². The molecule has 22 nitrogen and oxygen atoms in total. The Kier molecular flexibility index (Phi) is 34.6. The van der Waals surface area contributed by atoms with Crippen LogP contribution in [0.25, 0.3) is 115 Å². The largest absolute Gasteiger partial charge is 0.508 e. The summed E-state index contributed by atoms with van der Waals surface area (Å²) >= 11 is 0. The smallest absolute Gasteiger partial charge is 0.350 e. The number of para-hydroxylation sites is 1. The summed E-state index contributed by atoms with van der Waals surface area (Å²) in [5, 5.41) is 76.3. The van der Waals surface area contributed by atoms with E-state index < -0.39 is 4.92 Å². The molecule has 20 aromatic rings. The van der Waals surface area contributed by atoms with E-state index in [-0.39, 0.29) is 78.2 Å². The van der Waals surface area contributed by atoms with Crippen LogP contribution >= 0.6 is 0 Å². The highest BCUT2D eigenvalue weighted by Gasteiger charge is 2.32. The standard InChI is InChI=1S/C14H19N3.C13H18N2O.2C13H18N2.C13H15NO.C13H17N.2C12H14FN.C12H15N3O2.C11H14N2/c1-8-6-7-10-11(12(8)14(3,4)5)13(9(2)15)17-16-10;1-8-5-6-9-11(10(7-16)15-14-9)12(8)13(2,3)4;2*1-8-6-7-10-11(9(2)14-15-10)12(8)13(3,4)5;1-13(2,3)11-8-10(15)7-9-5-4-6-14-12(9)11;1-9-6-5-7-11-12(9)10(8-14-11)13(2,3)4;1-12(2,3)8-7-14-10-6-4-5-9(13)11(8)10;1-12(2,3)9-7-14-11-8(9)5-4-6-10(11)13;1-7-5-6-8-9(10(7)12(2,3)4)11(14-13-8)15(16)17;1-11(2,3)9-5-7-13-10-8(9)4-6-12-10/h6-7H,2,15H2,1,3-5H3,(H,16,17);5-6,16H,7H2,1-4H3,(H,14,15);2*6-7H,1-5H3,(H,14,15);4-8,15H,1-3H3;5-8,14H,1-4H3;2*4-7,14H,1-3H3;5-6H,1-4H3,(H,13,14);4-7H,1-3H3,(H,12,13). The quantitative estimate of drug-likeness (QED) is 0.0580. The van der Waals surface area contributed by atoms with Gasteiger partial charge in [0.25, 0.3) is 0 Å². The molecule has 794 valence electrons. The zero-order chi connectivity index (χ0) is 111. The van der Waals surface area contributed by atoms with Gasteiger partial charge in [0.2, 0.25) is 0 Å². The number of aliphatic hydroxyl groups is 1. The number of aromatic amines is 9. The lowest BCUT2D eigenvalue weighted by Crippen LogP contribution is -2.14. The number of nitrogens with one attached hydrogen (secondary N) is 9. The van der Waals surface area contributed by atoms with Gasteiger partial charge in [0.05, 0.1) is 51.1 Å². The number of fused-ring (bicyclic) bond motifs is 10. The Bertz CT molecular complexity index is 7890. The summed E-state index contributed by atoms with van der Waals surface area (Å²) in [5.74, 6) is -0.0410. The number of hydrogen-bond donors (Lipinski definition) is 12. The minimum Gasteiger partial charge on any atom is -0.508 e. The Balaban J connectivity index is 0.000000158. The molecule has 0 saturated carbocycles. The lowest BCUT2D eigenvalue weighted by molar-refractivity contribution is -0.387. The predicted octanol–water partition coefficient (Wildman–Crippen LogP) is 32.9. The second-order valence-corrected chi connectivity index (χ2v) is 49.9. The molecule has 0 aliphatic heterocycles. The van der Waals surface area contributed by atoms with E-state index in [0.29, 0.717) is 27.9 Å². The molecule has 0 unspecified atom stereocenters. The maximum absolute atomic E-state index is 13.6. The second kappa shape index (κ2) is 44.8. The van der Waals surface area contributed by atoms with Crippen molar-refractivity contribution < 1.29 is 23.9 Å². The van der Waals surface area contributed by atoms with Gasteiger partial charge in [-0.1, -0.05) is 286 Å². The Morgan fingerprint density at radius 1 is 0.367 bits per heavy atom. The van der Waals surface area contributed by atoms with E-state index >= 15 is 0 Å². The average Bonchev–Trinajstić information content (AvgIpc) is 1.59. The first-order valence-electron chi connectivity index (χ1n) is 51.6. The molecule has 20 rings (SSSR count). The number of pyridine rings is 2. The SMILES string of the molecule is C=C(N)c1n[nH]c2ccc(C)c(C(C)(C)C)c12.CC(C)(C)c1c[nH]c2c(F)cccc12.CC(C)(C)c1c[nH]c2cccc(F)c12.CC(C)(C)c1cc(O)cc2cccnc12.CC(C)(C)c1ccnc2[nH]ccc12.Cc1ccc2n[nH]c(C)c2c1C(C)(C)C.Cc1ccc2n[nH]c(C)c2c1C(C)(C)C.Cc1ccc2n[nH]c(CO)c2c1C(C)(C)C.Cc1ccc2n[nH]c([N+](=O)[O-])c2c1C(C)(C)C.Cc1cccc2[nH]cc(C(C)(C)C)c12. The number of hydrogen-bond acceptors (Lipinski definition) is 12. The van der Waals surface area contributed by atoms with Crippen molar-refractivity contribution in [2.75, 3.05) is 0 Å². The summed E-state index contributed by atoms with van der Waals surface area (Å²) < 4.78 is 26.9. The van der Waals surface area contributed by atoms with Crippen molar-refractivity contribution in [2.24, 2.45) is 5.73 Å². The summed E-state index contributed by atoms with van der Waals surface area (Å²) in [6.07, 6.45) is 11.5. The van der Waals surface area contributed by atoms with Gasteiger partial charge in [0.1, 0.15) is 39.6 Å². The molecule has 0 radical (unpaired) electrons. The molecule has 11 heterocycles. The summed E-state index contributed by atoms with van der Waals surface area (Å²) in [6.45, 7) is 85.9. The molecule has 0 aliphatic rings. The van der Waals surface area contributed by atoms with E-state index in [2.05, 4.69) is 396 Å². The van der Waals surface area contributed by atoms with E-state index in [1.165, 1.54) is 112 Å². The molecule has 0 aliphatic carbocycles. The van der Waals surface area contributed by atoms with E-state index in [1.807, 2.05) is 101 Å². The predicted molar refractivity (Wildman–Crippen MR) is 625 cm³/mol. The third kappa shape index (κ3) is 26.5. The first-order valence-corrected chi connectivity index (χ1v) is 51.6. The maximum Gasteiger partial charge on any atom is 0.350 e. The number of aliphatic hydroxyl groups excluding tert-OH is 1. The molecule has 0 bridgehead atoms. The number of aromatic hydroxyl groups is 1. The molecular weight excluding hydrogens is 1870 g/mol. The van der Waals surface area contributed by atoms with Gasteiger partial charge < -0.3 is 46.0 Å². The van der Waals surface area contributed by atoms with Crippen LogP contribution in [0.3, 0.4) is 0 Å². The number of phenolic OH excluding ortho intramolecular Hbond substituents is 1. The van der Waals surface area contributed by atoms with Crippen molar-refractivity contribution in [3.8, 4) is 5.75 Å². The van der Waals surface area contributed by atoms with Crippen LogP contribution in [0.5, 0.6) is 5.75 Å². The number of rotatable bonds is 3. The molecule has 13 N–H and O–H groups in total. The number of aryl methyl sites for hydroxylation is 8. The Morgan fingerprint density at radius 3 is 1.27 bits per heavy atom. The number of aromatic nitrogens is 16. The van der Waals surface area contributed by atoms with Crippen molar-refractivity contribution in [2.45, 2.75) is 324 Å². The minimum atomic E-state index is -0.413. The Hall–Kier alpha value is -14.4. The van der Waals surface area contributed by atoms with Gasteiger partial charge in [0.15, 0.2) is 0 Å². The van der Waals surface area contributed by atoms with Gasteiger partial charge in [-0.15, -0.1) is 5.10 Å². The van der Waals surface area contributed by atoms with Crippen LogP contribution in [0.1, 0.15) is 320 Å². The van der Waals surface area contributed by atoms with Crippen LogP contribution in [-0.4, -0.2) is 96.0 Å². The number of halogens is 2. The van der Waals surface area contributed by atoms with Crippen LogP contribution in [-0.2, 0) is 60.8 Å². The summed E-state index contributed by atoms with van der Waals surface area (Å²) in [6, 6.07) is 48.8. The zero-order valence-corrected chi connectivity index (χ0v) is 95.9. The summed E-state index contributed by atoms with van der Waals surface area (Å²) in [4.78, 5) is 31.8. The zero-order valence-electron chi connectivity index (χ0n) is 95.9. The normalized spacial score (nSPS) is 12.2. The lowest BCUT2D eigenvalue weighted by Gasteiger charge is -2.23. The minimum absolute atomic E-state index is 0.00301. The summed E-state index contributed by atoms with van der Waals surface area (Å²) in [7, 11) is 0. The third-order valence-corrected chi connectivity index (χ3v) is 26.9. The highest BCUT2D eigenvalue weighted by atomic mass is 19.1. The third-order valence-electron chi connectivity index (χ3n) is 26.9. The van der Waals surface area contributed by atoms with Crippen molar-refractivity contribution in [3.05, 3.63) is 329 Å². The molecule has 150 heavy (non-hydrogen) atoms. The number of nitrogens with zero attached hydrogens (tertiary/aromatic N) is 8. The molecule has 9 aromatic carbocycles. The number of phenols is 1. The fourth-order valence-corrected chi connectivity index (χ4v) is 20.5. The van der Waals surface area contributed by atoms with Crippen LogP contribution in [0.15, 0.2) is 195 Å². The number of benzene rings is 9. The number of H-pyrrole nitrogens is 9. The molecule has 24 heteroatoms. The van der Waals surface area contributed by atoms with E-state index in [1.54, 1.807) is 30.5 Å². The Labute approximate surface area is 884 Å². The van der Waals surface area contributed by atoms with E-state index in [0.717, 1.165) is 105 Å². The average molecular weight is 2030 g/mol. The Morgan fingerprint density at radius 2 is 0.787 bits per heavy atom. The van der Waals surface area contributed by atoms with Gasteiger partial charge in [-0.3, -0.25) is 25.4 Å². The fourth-order valence-electron chi connectivity index (χ4n) is 20.5. The maximum atomic E-state index is 13.6. The molecule has 0 atom stereocenters. The first-order chi connectivity index (χ1) is 69.5. The number of nitro groups is 1. The monoisotopic (exact) mass is 2030 g/mol. The van der Waals surface area contributed by atoms with Gasteiger partial charge >= 0.3 is 5.82 Å². The molecule has 11 aromatic heterocycles. The van der Waals surface area contributed by atoms with Gasteiger partial charge in [-0.25, -0.2) is 13.8 Å². The number of nitrogens with two attached hydrogens (primary N) is 1. The molecule has 0 spiro atoms. The molecule has 0 fully saturated rings. The first kappa shape index (κ1) is 116. The van der Waals surface area contributed by atoms with Crippen molar-refractivity contribution >= 4 is 121 Å². The topological polar surface area (TPSA) is 342 Å². The molecule has 0 saturated heterocycles. The van der Waals surface area contributed by atoms with Crippen LogP contribution < -0.4 is 5.73 Å². The van der Waals surface area contributed by atoms with E-state index in [9.17, 15) is 29.1 Å². The van der Waals surface area contributed by atoms with Crippen molar-refractivity contribution in [1.82, 2.24) is 80.9 Å². The second-order valence-electron chi connectivity index (χ2n) is 49.9. The van der Waals surface area contributed by atoms with Crippen LogP contribution in [0.2, 0.25) is 0 Å². The lowest BCUT2D eigenvalue weighted by atomic mass is 9.81. The molecular formula is C126H162F2N18O4. The van der Waals surface area contributed by atoms with Crippen LogP contribution in [0, 0.1) is 77.1 Å². The van der Waals surface area contributed by atoms with Gasteiger partial charge in [0, 0.05) is 108 Å². The molecule has 0 amide bonds. The van der Waals surface area contributed by atoms with Gasteiger partial charge in [-0.2, -0.15) is 20.4 Å². The highest BCUT2D eigenvalue weighted by Crippen LogP contribution is 2.44.